The average molecular weight is 794 g/mol. The molecule has 0 radical (unpaired) electrons. The van der Waals surface area contributed by atoms with E-state index in [2.05, 4.69) is 193 Å². The molecule has 0 aliphatic heterocycles. The van der Waals surface area contributed by atoms with Crippen LogP contribution < -0.4 is 0 Å². The number of rotatable bonds is 4. The molecule has 0 saturated heterocycles. The maximum Gasteiger partial charge on any atom is 0.235 e. The van der Waals surface area contributed by atoms with Crippen LogP contribution in [0.1, 0.15) is 13.8 Å². The highest BCUT2D eigenvalue weighted by molar-refractivity contribution is 6.33. The van der Waals surface area contributed by atoms with Gasteiger partial charge in [-0.1, -0.05) is 196 Å². The van der Waals surface area contributed by atoms with Crippen LogP contribution in [0.3, 0.4) is 0 Å². The minimum absolute atomic E-state index is 0.624. The van der Waals surface area contributed by atoms with Crippen LogP contribution in [0.4, 0.5) is 0 Å². The normalized spacial score (nSPS) is 11.7. The van der Waals surface area contributed by atoms with E-state index in [1.54, 1.807) is 0 Å². The van der Waals surface area contributed by atoms with Crippen molar-refractivity contribution < 1.29 is 4.42 Å². The molecule has 3 aromatic heterocycles. The first-order valence-corrected chi connectivity index (χ1v) is 21.4. The van der Waals surface area contributed by atoms with E-state index in [0.29, 0.717) is 5.95 Å². The van der Waals surface area contributed by atoms with Crippen molar-refractivity contribution in [2.75, 3.05) is 0 Å². The van der Waals surface area contributed by atoms with Crippen LogP contribution in [0.25, 0.3) is 126 Å². The van der Waals surface area contributed by atoms with Crippen LogP contribution in [0, 0.1) is 0 Å². The third-order valence-corrected chi connectivity index (χ3v) is 12.4. The minimum atomic E-state index is 0.624. The average Bonchev–Trinajstić information content (AvgIpc) is 3.91. The van der Waals surface area contributed by atoms with Gasteiger partial charge >= 0.3 is 0 Å². The molecule has 4 heteroatoms. The fraction of sp³-hybridized carbons (Fsp3) is 0.0345. The SMILES string of the molecule is CC.c1ccc2c(-c3ccc(-c4nc(-n5c6c(-c7cccc8oc9ccccc9c78)cccc6c6c7ccccc7c7ccccc7c65)nc5ccccc45)cc3)cccc2c1. The zero-order valence-corrected chi connectivity index (χ0v) is 34.3. The summed E-state index contributed by atoms with van der Waals surface area (Å²) in [5, 5.41) is 12.8. The highest BCUT2D eigenvalue weighted by Crippen LogP contribution is 2.47. The van der Waals surface area contributed by atoms with Gasteiger partial charge in [-0.25, -0.2) is 9.97 Å². The Balaban J connectivity index is 0.00000202. The number of aromatic nitrogens is 3. The lowest BCUT2D eigenvalue weighted by atomic mass is 9.95. The van der Waals surface area contributed by atoms with E-state index in [9.17, 15) is 0 Å². The van der Waals surface area contributed by atoms with E-state index in [0.717, 1.165) is 77.0 Å². The zero-order chi connectivity index (χ0) is 41.3. The highest BCUT2D eigenvalue weighted by atomic mass is 16.3. The number of para-hydroxylation sites is 3. The molecule has 4 nitrogen and oxygen atoms in total. The Morgan fingerprint density at radius 3 is 1.73 bits per heavy atom. The topological polar surface area (TPSA) is 43.9 Å². The summed E-state index contributed by atoms with van der Waals surface area (Å²) in [4.78, 5) is 11.1. The van der Waals surface area contributed by atoms with Gasteiger partial charge < -0.3 is 4.42 Å². The van der Waals surface area contributed by atoms with E-state index in [4.69, 9.17) is 14.4 Å². The van der Waals surface area contributed by atoms with Crippen LogP contribution in [-0.4, -0.2) is 14.5 Å². The van der Waals surface area contributed by atoms with Gasteiger partial charge in [-0.2, -0.15) is 0 Å². The van der Waals surface area contributed by atoms with E-state index < -0.39 is 0 Å². The number of fused-ring (bicyclic) bond motifs is 13. The third kappa shape index (κ3) is 5.33. The van der Waals surface area contributed by atoms with E-state index in [1.165, 1.54) is 43.4 Å². The van der Waals surface area contributed by atoms with Crippen molar-refractivity contribution >= 4 is 87.0 Å². The van der Waals surface area contributed by atoms with Crippen molar-refractivity contribution in [2.45, 2.75) is 13.8 Å². The molecular formula is C58H39N3O. The molecule has 0 amide bonds. The third-order valence-electron chi connectivity index (χ3n) is 12.4. The monoisotopic (exact) mass is 793 g/mol. The van der Waals surface area contributed by atoms with Gasteiger partial charge in [-0.15, -0.1) is 0 Å². The maximum atomic E-state index is 6.45. The summed E-state index contributed by atoms with van der Waals surface area (Å²) in [5.41, 5.74) is 11.3. The number of nitrogens with zero attached hydrogens (tertiary/aromatic N) is 3. The Hall–Kier alpha value is -8.08. The molecule has 62 heavy (non-hydrogen) atoms. The molecule has 0 bridgehead atoms. The second-order valence-corrected chi connectivity index (χ2v) is 15.6. The molecule has 3 heterocycles. The molecule has 0 spiro atoms. The number of benzene rings is 10. The van der Waals surface area contributed by atoms with Gasteiger partial charge in [0.1, 0.15) is 11.2 Å². The maximum absolute atomic E-state index is 6.45. The van der Waals surface area contributed by atoms with Crippen molar-refractivity contribution in [2.24, 2.45) is 0 Å². The van der Waals surface area contributed by atoms with Gasteiger partial charge in [0, 0.05) is 43.4 Å². The van der Waals surface area contributed by atoms with Crippen LogP contribution in [-0.2, 0) is 0 Å². The lowest BCUT2D eigenvalue weighted by molar-refractivity contribution is 0.669. The van der Waals surface area contributed by atoms with Crippen molar-refractivity contribution in [3.63, 3.8) is 0 Å². The van der Waals surface area contributed by atoms with Gasteiger partial charge in [0.15, 0.2) is 0 Å². The lowest BCUT2D eigenvalue weighted by Gasteiger charge is -2.15. The van der Waals surface area contributed by atoms with Gasteiger partial charge in [0.2, 0.25) is 5.95 Å². The fourth-order valence-electron chi connectivity index (χ4n) is 9.81. The standard InChI is InChI=1S/C56H33N3O.C2H6/c1-2-16-37-34(14-1)15-11-23-38(37)35-30-32-36(33-31-35)53-45-21-7-9-27-48(45)57-56(58-53)59-54-44(42-24-13-29-50-51(42)46-22-8-10-28-49(46)60-50)25-12-26-47(54)52-41-19-5-3-17-39(41)40-18-4-6-20-43(40)55(52)59;1-2/h1-33H;1-2H3. The Morgan fingerprint density at radius 2 is 0.903 bits per heavy atom. The lowest BCUT2D eigenvalue weighted by Crippen LogP contribution is -2.04. The second kappa shape index (κ2) is 14.3. The zero-order valence-electron chi connectivity index (χ0n) is 34.3. The molecule has 0 fully saturated rings. The summed E-state index contributed by atoms with van der Waals surface area (Å²) in [6, 6.07) is 71.3. The van der Waals surface area contributed by atoms with Crippen LogP contribution in [0.2, 0.25) is 0 Å². The first kappa shape index (κ1) is 35.8. The Morgan fingerprint density at radius 1 is 0.355 bits per heavy atom. The first-order chi connectivity index (χ1) is 30.8. The van der Waals surface area contributed by atoms with Crippen LogP contribution in [0.15, 0.2) is 205 Å². The highest BCUT2D eigenvalue weighted by Gasteiger charge is 2.25. The predicted octanol–water partition coefficient (Wildman–Crippen LogP) is 16.1. The fourth-order valence-corrected chi connectivity index (χ4v) is 9.81. The molecule has 13 aromatic rings. The predicted molar refractivity (Wildman–Crippen MR) is 261 cm³/mol. The molecule has 0 aliphatic carbocycles. The molecule has 13 rings (SSSR count). The first-order valence-electron chi connectivity index (χ1n) is 21.4. The van der Waals surface area contributed by atoms with Gasteiger partial charge in [0.05, 0.1) is 22.2 Å². The smallest absolute Gasteiger partial charge is 0.235 e. The van der Waals surface area contributed by atoms with Crippen molar-refractivity contribution in [3.05, 3.63) is 200 Å². The van der Waals surface area contributed by atoms with E-state index >= 15 is 0 Å². The molecular weight excluding hydrogens is 755 g/mol. The van der Waals surface area contributed by atoms with Gasteiger partial charge in [-0.3, -0.25) is 4.57 Å². The van der Waals surface area contributed by atoms with Gasteiger partial charge in [-0.05, 0) is 61.8 Å². The van der Waals surface area contributed by atoms with Gasteiger partial charge in [0.25, 0.3) is 0 Å². The van der Waals surface area contributed by atoms with Crippen LogP contribution in [0.5, 0.6) is 0 Å². The number of hydrogen-bond acceptors (Lipinski definition) is 3. The van der Waals surface area contributed by atoms with Crippen molar-refractivity contribution in [3.8, 4) is 39.5 Å². The molecule has 0 atom stereocenters. The van der Waals surface area contributed by atoms with Crippen molar-refractivity contribution in [1.29, 1.82) is 0 Å². The number of furan rings is 1. The summed E-state index contributed by atoms with van der Waals surface area (Å²) < 4.78 is 8.80. The largest absolute Gasteiger partial charge is 0.456 e. The summed E-state index contributed by atoms with van der Waals surface area (Å²) >= 11 is 0. The Bertz CT molecular complexity index is 3890. The Kier molecular flexibility index (Phi) is 8.26. The summed E-state index contributed by atoms with van der Waals surface area (Å²) in [7, 11) is 0. The minimum Gasteiger partial charge on any atom is -0.456 e. The molecule has 0 unspecified atom stereocenters. The molecule has 0 saturated carbocycles. The summed E-state index contributed by atoms with van der Waals surface area (Å²) in [6.45, 7) is 4.00. The quantitative estimate of drug-likeness (QED) is 0.167. The van der Waals surface area contributed by atoms with E-state index in [-0.39, 0.29) is 0 Å². The molecule has 292 valence electrons. The van der Waals surface area contributed by atoms with Crippen molar-refractivity contribution in [1.82, 2.24) is 14.5 Å². The van der Waals surface area contributed by atoms with E-state index in [1.807, 2.05) is 26.0 Å². The number of hydrogen-bond donors (Lipinski definition) is 0. The summed E-state index contributed by atoms with van der Waals surface area (Å²) in [6.07, 6.45) is 0. The van der Waals surface area contributed by atoms with Crippen LogP contribution >= 0.6 is 0 Å². The molecule has 0 N–H and O–H groups in total. The molecule has 10 aromatic carbocycles. The second-order valence-electron chi connectivity index (χ2n) is 15.6. The summed E-state index contributed by atoms with van der Waals surface area (Å²) in [5.74, 6) is 0.624. The Labute approximate surface area is 358 Å². The molecule has 0 aliphatic rings.